The molecule has 4 aromatic rings. The molecule has 0 bridgehead atoms. The van der Waals surface area contributed by atoms with Crippen molar-refractivity contribution >= 4 is 38.6 Å². The molecule has 0 unspecified atom stereocenters. The van der Waals surface area contributed by atoms with Crippen molar-refractivity contribution in [2.75, 3.05) is 0 Å². The second-order valence-electron chi connectivity index (χ2n) is 6.21. The van der Waals surface area contributed by atoms with E-state index in [1.54, 1.807) is 36.4 Å². The number of fused-ring (bicyclic) bond motifs is 1. The van der Waals surface area contributed by atoms with Crippen LogP contribution in [-0.4, -0.2) is 21.8 Å². The van der Waals surface area contributed by atoms with Crippen LogP contribution in [0.5, 0.6) is 11.6 Å². The van der Waals surface area contributed by atoms with Crippen LogP contribution in [0.1, 0.15) is 20.8 Å². The zero-order valence-corrected chi connectivity index (χ0v) is 17.1. The number of amides is 2. The van der Waals surface area contributed by atoms with Crippen molar-refractivity contribution in [1.82, 2.24) is 20.8 Å². The van der Waals surface area contributed by atoms with Crippen molar-refractivity contribution in [3.05, 3.63) is 94.7 Å². The molecule has 2 amide bonds. The Morgan fingerprint density at radius 1 is 0.833 bits per heavy atom. The summed E-state index contributed by atoms with van der Waals surface area (Å²) in [6.07, 6.45) is 1.52. The first kappa shape index (κ1) is 19.5. The van der Waals surface area contributed by atoms with E-state index < -0.39 is 11.8 Å². The van der Waals surface area contributed by atoms with Crippen LogP contribution in [0.2, 0.25) is 0 Å². The van der Waals surface area contributed by atoms with Gasteiger partial charge in [-0.15, -0.1) is 0 Å². The molecule has 0 aliphatic heterocycles. The van der Waals surface area contributed by atoms with Gasteiger partial charge in [0.05, 0.1) is 5.52 Å². The number of carbonyl (C=O) groups excluding carboxylic acids is 2. The van der Waals surface area contributed by atoms with Crippen LogP contribution in [0.25, 0.3) is 10.9 Å². The van der Waals surface area contributed by atoms with E-state index in [4.69, 9.17) is 4.74 Å². The summed E-state index contributed by atoms with van der Waals surface area (Å²) in [6, 6.07) is 21.1. The predicted octanol–water partition coefficient (Wildman–Crippen LogP) is 4.26. The number of ether oxygens (including phenoxy) is 1. The second-order valence-corrected chi connectivity index (χ2v) is 7.13. The number of nitrogens with one attached hydrogen (secondary N) is 2. The monoisotopic (exact) mass is 462 g/mol. The Bertz CT molecular complexity index is 1230. The SMILES string of the molecule is O=C(NNC(=O)c1cccnc1Oc1ccc(Br)cc1)c1ccc2ccccc2n1. The number of pyridine rings is 2. The van der Waals surface area contributed by atoms with E-state index in [0.717, 1.165) is 9.86 Å². The van der Waals surface area contributed by atoms with Gasteiger partial charge in [-0.05, 0) is 48.5 Å². The Kier molecular flexibility index (Phi) is 5.67. The standard InChI is InChI=1S/C22H15BrN4O3/c23-15-8-10-16(11-9-15)30-22-17(5-3-13-24-22)20(28)26-27-21(29)19-12-7-14-4-1-2-6-18(14)25-19/h1-13H,(H,26,28)(H,27,29). The Balaban J connectivity index is 1.45. The number of hydrazine groups is 1. The summed E-state index contributed by atoms with van der Waals surface area (Å²) in [7, 11) is 0. The third-order valence-corrected chi connectivity index (χ3v) is 4.69. The highest BCUT2D eigenvalue weighted by atomic mass is 79.9. The summed E-state index contributed by atoms with van der Waals surface area (Å²) in [6.45, 7) is 0. The maximum Gasteiger partial charge on any atom is 0.288 e. The molecule has 2 aromatic carbocycles. The lowest BCUT2D eigenvalue weighted by molar-refractivity contribution is 0.0842. The van der Waals surface area contributed by atoms with E-state index in [0.29, 0.717) is 11.3 Å². The summed E-state index contributed by atoms with van der Waals surface area (Å²) in [4.78, 5) is 33.4. The fraction of sp³-hybridized carbons (Fsp3) is 0. The molecule has 30 heavy (non-hydrogen) atoms. The Labute approximate surface area is 180 Å². The van der Waals surface area contributed by atoms with Crippen molar-refractivity contribution in [1.29, 1.82) is 0 Å². The molecule has 4 rings (SSSR count). The highest BCUT2D eigenvalue weighted by Crippen LogP contribution is 2.24. The molecule has 0 saturated carbocycles. The molecule has 0 aliphatic carbocycles. The normalized spacial score (nSPS) is 10.4. The van der Waals surface area contributed by atoms with Gasteiger partial charge in [-0.1, -0.05) is 40.2 Å². The minimum Gasteiger partial charge on any atom is -0.438 e. The molecule has 0 radical (unpaired) electrons. The fourth-order valence-corrected chi connectivity index (χ4v) is 2.96. The third kappa shape index (κ3) is 4.44. The van der Waals surface area contributed by atoms with Gasteiger partial charge in [-0.3, -0.25) is 20.4 Å². The fourth-order valence-electron chi connectivity index (χ4n) is 2.70. The molecule has 0 saturated heterocycles. The Hall–Kier alpha value is -3.78. The highest BCUT2D eigenvalue weighted by Gasteiger charge is 2.16. The number of aromatic nitrogens is 2. The molecule has 0 spiro atoms. The van der Waals surface area contributed by atoms with Crippen LogP contribution < -0.4 is 15.6 Å². The average Bonchev–Trinajstić information content (AvgIpc) is 2.79. The van der Waals surface area contributed by atoms with Gasteiger partial charge in [0.15, 0.2) is 0 Å². The molecule has 148 valence electrons. The molecular formula is C22H15BrN4O3. The number of nitrogens with zero attached hydrogens (tertiary/aromatic N) is 2. The molecule has 8 heteroatoms. The third-order valence-electron chi connectivity index (χ3n) is 4.16. The summed E-state index contributed by atoms with van der Waals surface area (Å²) in [5.74, 6) is -0.455. The zero-order chi connectivity index (χ0) is 20.9. The van der Waals surface area contributed by atoms with Gasteiger partial charge < -0.3 is 4.74 Å². The van der Waals surface area contributed by atoms with Gasteiger partial charge in [-0.2, -0.15) is 0 Å². The maximum absolute atomic E-state index is 12.6. The van der Waals surface area contributed by atoms with Crippen LogP contribution in [0.15, 0.2) is 83.5 Å². The van der Waals surface area contributed by atoms with Crippen LogP contribution in [0, 0.1) is 0 Å². The van der Waals surface area contributed by atoms with Gasteiger partial charge >= 0.3 is 0 Å². The number of hydrogen-bond donors (Lipinski definition) is 2. The smallest absolute Gasteiger partial charge is 0.288 e. The van der Waals surface area contributed by atoms with Crippen molar-refractivity contribution in [3.8, 4) is 11.6 Å². The van der Waals surface area contributed by atoms with Crippen LogP contribution >= 0.6 is 15.9 Å². The maximum atomic E-state index is 12.6. The molecule has 0 aliphatic rings. The Morgan fingerprint density at radius 2 is 1.60 bits per heavy atom. The first-order chi connectivity index (χ1) is 14.6. The lowest BCUT2D eigenvalue weighted by Crippen LogP contribution is -2.42. The summed E-state index contributed by atoms with van der Waals surface area (Å²) in [5.41, 5.74) is 5.79. The average molecular weight is 463 g/mol. The van der Waals surface area contributed by atoms with Gasteiger partial charge in [0, 0.05) is 16.1 Å². The minimum absolute atomic E-state index is 0.121. The number of hydrogen-bond acceptors (Lipinski definition) is 5. The quantitative estimate of drug-likeness (QED) is 0.442. The van der Waals surface area contributed by atoms with E-state index in [1.165, 1.54) is 6.20 Å². The molecular weight excluding hydrogens is 448 g/mol. The minimum atomic E-state index is -0.565. The molecule has 0 fully saturated rings. The van der Waals surface area contributed by atoms with Crippen LogP contribution in [0.4, 0.5) is 0 Å². The molecule has 7 nitrogen and oxygen atoms in total. The topological polar surface area (TPSA) is 93.2 Å². The summed E-state index contributed by atoms with van der Waals surface area (Å²) in [5, 5.41) is 0.920. The molecule has 0 atom stereocenters. The van der Waals surface area contributed by atoms with E-state index in [-0.39, 0.29) is 17.1 Å². The number of benzene rings is 2. The number of rotatable bonds is 4. The van der Waals surface area contributed by atoms with Crippen molar-refractivity contribution in [3.63, 3.8) is 0 Å². The van der Waals surface area contributed by atoms with E-state index in [2.05, 4.69) is 36.7 Å². The number of para-hydroxylation sites is 1. The summed E-state index contributed by atoms with van der Waals surface area (Å²) < 4.78 is 6.61. The predicted molar refractivity (Wildman–Crippen MR) is 115 cm³/mol. The first-order valence-electron chi connectivity index (χ1n) is 8.95. The van der Waals surface area contributed by atoms with Crippen molar-refractivity contribution in [2.45, 2.75) is 0 Å². The number of halogens is 1. The zero-order valence-electron chi connectivity index (χ0n) is 15.5. The van der Waals surface area contributed by atoms with E-state index >= 15 is 0 Å². The molecule has 2 heterocycles. The summed E-state index contributed by atoms with van der Waals surface area (Å²) >= 11 is 3.35. The van der Waals surface area contributed by atoms with Gasteiger partial charge in [0.25, 0.3) is 11.8 Å². The second kappa shape index (κ2) is 8.71. The van der Waals surface area contributed by atoms with E-state index in [1.807, 2.05) is 36.4 Å². The largest absolute Gasteiger partial charge is 0.438 e. The van der Waals surface area contributed by atoms with Crippen molar-refractivity contribution < 1.29 is 14.3 Å². The van der Waals surface area contributed by atoms with Gasteiger partial charge in [0.1, 0.15) is 17.0 Å². The van der Waals surface area contributed by atoms with Gasteiger partial charge in [0.2, 0.25) is 5.88 Å². The number of carbonyl (C=O) groups is 2. The van der Waals surface area contributed by atoms with E-state index in [9.17, 15) is 9.59 Å². The molecule has 2 aromatic heterocycles. The Morgan fingerprint density at radius 3 is 2.43 bits per heavy atom. The van der Waals surface area contributed by atoms with Crippen molar-refractivity contribution in [2.24, 2.45) is 0 Å². The van der Waals surface area contributed by atoms with Crippen LogP contribution in [-0.2, 0) is 0 Å². The lowest BCUT2D eigenvalue weighted by Gasteiger charge is -2.11. The van der Waals surface area contributed by atoms with Gasteiger partial charge in [-0.25, -0.2) is 9.97 Å². The molecule has 2 N–H and O–H groups in total. The van der Waals surface area contributed by atoms with Crippen LogP contribution in [0.3, 0.4) is 0 Å². The first-order valence-corrected chi connectivity index (χ1v) is 9.74. The highest BCUT2D eigenvalue weighted by molar-refractivity contribution is 9.10. The lowest BCUT2D eigenvalue weighted by atomic mass is 10.2.